The predicted molar refractivity (Wildman–Crippen MR) is 58.6 cm³/mol. The van der Waals surface area contributed by atoms with E-state index in [4.69, 9.17) is 9.47 Å². The normalized spacial score (nSPS) is 21.3. The molecule has 1 aromatic carbocycles. The zero-order chi connectivity index (χ0) is 10.7. The zero-order valence-electron chi connectivity index (χ0n) is 8.21. The summed E-state index contributed by atoms with van der Waals surface area (Å²) in [4.78, 5) is 0. The van der Waals surface area contributed by atoms with Gasteiger partial charge in [0, 0.05) is 17.1 Å². The molecule has 1 aromatic rings. The van der Waals surface area contributed by atoms with Crippen molar-refractivity contribution in [2.24, 2.45) is 0 Å². The van der Waals surface area contributed by atoms with Crippen molar-refractivity contribution >= 4 is 15.9 Å². The van der Waals surface area contributed by atoms with Gasteiger partial charge in [0.25, 0.3) is 0 Å². The van der Waals surface area contributed by atoms with Gasteiger partial charge < -0.3 is 9.47 Å². The van der Waals surface area contributed by atoms with Crippen LogP contribution in [0.5, 0.6) is 5.75 Å². The Balaban J connectivity index is 2.02. The largest absolute Gasteiger partial charge is 0.488 e. The van der Waals surface area contributed by atoms with Gasteiger partial charge in [-0.05, 0) is 25.0 Å². The Bertz CT molecular complexity index is 317. The third kappa shape index (κ3) is 3.18. The molecule has 0 aliphatic carbocycles. The smallest absolute Gasteiger partial charge is 0.128 e. The van der Waals surface area contributed by atoms with Gasteiger partial charge in [0.15, 0.2) is 0 Å². The van der Waals surface area contributed by atoms with E-state index < -0.39 is 0 Å². The molecule has 1 unspecified atom stereocenters. The number of hydrogen-bond donors (Lipinski definition) is 0. The summed E-state index contributed by atoms with van der Waals surface area (Å²) in [6.45, 7) is 1.39. The van der Waals surface area contributed by atoms with Crippen molar-refractivity contribution in [3.05, 3.63) is 28.5 Å². The highest BCUT2D eigenvalue weighted by Crippen LogP contribution is 2.23. The molecule has 4 heteroatoms. The summed E-state index contributed by atoms with van der Waals surface area (Å²) in [6.07, 6.45) is 2.02. The van der Waals surface area contributed by atoms with Gasteiger partial charge in [0.05, 0.1) is 6.61 Å². The van der Waals surface area contributed by atoms with E-state index in [9.17, 15) is 4.39 Å². The van der Waals surface area contributed by atoms with Crippen LogP contribution in [0, 0.1) is 5.82 Å². The third-order valence-corrected chi connectivity index (χ3v) is 2.72. The second kappa shape index (κ2) is 4.94. The minimum absolute atomic E-state index is 0.0486. The molecule has 0 bridgehead atoms. The number of halogens is 2. The van der Waals surface area contributed by atoms with Gasteiger partial charge in [-0.15, -0.1) is 0 Å². The van der Waals surface area contributed by atoms with Gasteiger partial charge in [-0.2, -0.15) is 0 Å². The molecule has 0 aromatic heterocycles. The Kier molecular flexibility index (Phi) is 3.59. The van der Waals surface area contributed by atoms with E-state index in [2.05, 4.69) is 15.9 Å². The highest BCUT2D eigenvalue weighted by atomic mass is 79.9. The molecule has 82 valence electrons. The fraction of sp³-hybridized carbons (Fsp3) is 0.455. The molecule has 1 atom stereocenters. The molecule has 0 radical (unpaired) electrons. The van der Waals surface area contributed by atoms with E-state index in [-0.39, 0.29) is 11.9 Å². The third-order valence-electron chi connectivity index (χ3n) is 2.26. The van der Waals surface area contributed by atoms with Crippen LogP contribution < -0.4 is 4.74 Å². The number of rotatable bonds is 2. The van der Waals surface area contributed by atoms with Gasteiger partial charge in [-0.25, -0.2) is 4.39 Å². The Labute approximate surface area is 96.5 Å². The van der Waals surface area contributed by atoms with E-state index in [1.54, 1.807) is 6.07 Å². The summed E-state index contributed by atoms with van der Waals surface area (Å²) >= 11 is 3.23. The molecule has 0 saturated carbocycles. The van der Waals surface area contributed by atoms with Crippen LogP contribution in [-0.4, -0.2) is 19.3 Å². The predicted octanol–water partition coefficient (Wildman–Crippen LogP) is 3.15. The minimum atomic E-state index is -0.295. The summed E-state index contributed by atoms with van der Waals surface area (Å²) < 4.78 is 24.6. The number of ether oxygens (including phenoxy) is 2. The Hall–Kier alpha value is -0.610. The zero-order valence-corrected chi connectivity index (χ0v) is 9.80. The quantitative estimate of drug-likeness (QED) is 0.825. The summed E-state index contributed by atoms with van der Waals surface area (Å²) in [5.74, 6) is 0.258. The topological polar surface area (TPSA) is 18.5 Å². The lowest BCUT2D eigenvalue weighted by Crippen LogP contribution is -2.28. The van der Waals surface area contributed by atoms with Gasteiger partial charge in [0.1, 0.15) is 17.7 Å². The molecular weight excluding hydrogens is 263 g/mol. The summed E-state index contributed by atoms with van der Waals surface area (Å²) in [5, 5.41) is 0. The van der Waals surface area contributed by atoms with Gasteiger partial charge in [-0.1, -0.05) is 15.9 Å². The summed E-state index contributed by atoms with van der Waals surface area (Å²) in [5.41, 5.74) is 0. The molecule has 0 N–H and O–H groups in total. The van der Waals surface area contributed by atoms with Gasteiger partial charge in [-0.3, -0.25) is 0 Å². The first-order chi connectivity index (χ1) is 7.24. The molecule has 0 amide bonds. The molecule has 1 aliphatic rings. The van der Waals surface area contributed by atoms with Crippen molar-refractivity contribution in [3.63, 3.8) is 0 Å². The fourth-order valence-corrected chi connectivity index (χ4v) is 2.04. The standard InChI is InChI=1S/C11H12BrFO2/c12-8-4-9(13)6-11(5-8)15-10-2-1-3-14-7-10/h4-6,10H,1-3,7H2. The monoisotopic (exact) mass is 274 g/mol. The van der Waals surface area contributed by atoms with Crippen LogP contribution in [0.2, 0.25) is 0 Å². The number of benzene rings is 1. The lowest BCUT2D eigenvalue weighted by atomic mass is 10.2. The van der Waals surface area contributed by atoms with Crippen molar-refractivity contribution in [3.8, 4) is 5.75 Å². The lowest BCUT2D eigenvalue weighted by molar-refractivity contribution is 0.00729. The fourth-order valence-electron chi connectivity index (χ4n) is 1.59. The molecule has 1 saturated heterocycles. The van der Waals surface area contributed by atoms with Gasteiger partial charge in [0.2, 0.25) is 0 Å². The van der Waals surface area contributed by atoms with Crippen LogP contribution in [0.15, 0.2) is 22.7 Å². The lowest BCUT2D eigenvalue weighted by Gasteiger charge is -2.23. The first kappa shape index (κ1) is 10.9. The molecule has 2 nitrogen and oxygen atoms in total. The Morgan fingerprint density at radius 1 is 1.40 bits per heavy atom. The molecule has 1 aliphatic heterocycles. The number of hydrogen-bond acceptors (Lipinski definition) is 2. The van der Waals surface area contributed by atoms with Crippen LogP contribution in [0.1, 0.15) is 12.8 Å². The van der Waals surface area contributed by atoms with Crippen LogP contribution >= 0.6 is 15.9 Å². The van der Waals surface area contributed by atoms with Crippen molar-refractivity contribution in [2.75, 3.05) is 13.2 Å². The molecule has 0 spiro atoms. The molecular formula is C11H12BrFO2. The van der Waals surface area contributed by atoms with Crippen LogP contribution in [-0.2, 0) is 4.74 Å². The van der Waals surface area contributed by atoms with Crippen LogP contribution in [0.4, 0.5) is 4.39 Å². The van der Waals surface area contributed by atoms with E-state index in [0.29, 0.717) is 16.8 Å². The molecule has 1 fully saturated rings. The highest BCUT2D eigenvalue weighted by molar-refractivity contribution is 9.10. The van der Waals surface area contributed by atoms with Crippen LogP contribution in [0.3, 0.4) is 0 Å². The first-order valence-corrected chi connectivity index (χ1v) is 5.74. The second-order valence-corrected chi connectivity index (χ2v) is 4.48. The van der Waals surface area contributed by atoms with E-state index in [1.807, 2.05) is 0 Å². The van der Waals surface area contributed by atoms with Crippen molar-refractivity contribution in [2.45, 2.75) is 18.9 Å². The van der Waals surface area contributed by atoms with E-state index in [0.717, 1.165) is 19.4 Å². The Morgan fingerprint density at radius 3 is 2.93 bits per heavy atom. The first-order valence-electron chi connectivity index (χ1n) is 4.94. The molecule has 2 rings (SSSR count). The maximum absolute atomic E-state index is 13.0. The maximum Gasteiger partial charge on any atom is 0.128 e. The van der Waals surface area contributed by atoms with Gasteiger partial charge >= 0.3 is 0 Å². The van der Waals surface area contributed by atoms with Crippen molar-refractivity contribution < 1.29 is 13.9 Å². The minimum Gasteiger partial charge on any atom is -0.488 e. The maximum atomic E-state index is 13.0. The van der Waals surface area contributed by atoms with Crippen LogP contribution in [0.25, 0.3) is 0 Å². The average Bonchev–Trinajstić information content (AvgIpc) is 2.17. The molecule has 1 heterocycles. The second-order valence-electron chi connectivity index (χ2n) is 3.56. The average molecular weight is 275 g/mol. The molecule has 15 heavy (non-hydrogen) atoms. The van der Waals surface area contributed by atoms with E-state index in [1.165, 1.54) is 12.1 Å². The Morgan fingerprint density at radius 2 is 2.27 bits per heavy atom. The highest BCUT2D eigenvalue weighted by Gasteiger charge is 2.15. The van der Waals surface area contributed by atoms with Crippen molar-refractivity contribution in [1.29, 1.82) is 0 Å². The van der Waals surface area contributed by atoms with E-state index >= 15 is 0 Å². The SMILES string of the molecule is Fc1cc(Br)cc(OC2CCCOC2)c1. The summed E-state index contributed by atoms with van der Waals surface area (Å²) in [7, 11) is 0. The van der Waals surface area contributed by atoms with Crippen molar-refractivity contribution in [1.82, 2.24) is 0 Å². The summed E-state index contributed by atoms with van der Waals surface area (Å²) in [6, 6.07) is 4.56.